The Hall–Kier alpha value is -1.32. The molecule has 1 fully saturated rings. The number of piperazine rings is 1. The summed E-state index contributed by atoms with van der Waals surface area (Å²) in [7, 11) is 0. The molecule has 2 amide bonds. The van der Waals surface area contributed by atoms with E-state index in [1.165, 1.54) is 0 Å². The summed E-state index contributed by atoms with van der Waals surface area (Å²) < 4.78 is 0. The first-order valence-electron chi connectivity index (χ1n) is 7.47. The maximum absolute atomic E-state index is 12.7. The molecule has 1 N–H and O–H groups in total. The summed E-state index contributed by atoms with van der Waals surface area (Å²) in [5.41, 5.74) is 0.394. The van der Waals surface area contributed by atoms with E-state index in [4.69, 9.17) is 0 Å². The maximum atomic E-state index is 12.7. The molecule has 4 heteroatoms. The Kier molecular flexibility index (Phi) is 5.37. The van der Waals surface area contributed by atoms with Crippen molar-refractivity contribution in [3.8, 4) is 0 Å². The van der Waals surface area contributed by atoms with Gasteiger partial charge in [0.05, 0.1) is 0 Å². The van der Waals surface area contributed by atoms with E-state index in [2.05, 4.69) is 19.2 Å². The molecule has 2 unspecified atom stereocenters. The van der Waals surface area contributed by atoms with Gasteiger partial charge in [0, 0.05) is 6.54 Å². The lowest BCUT2D eigenvalue weighted by atomic mass is 9.89. The third kappa shape index (κ3) is 3.62. The van der Waals surface area contributed by atoms with Crippen molar-refractivity contribution in [3.05, 3.63) is 11.6 Å². The minimum atomic E-state index is -0.764. The summed E-state index contributed by atoms with van der Waals surface area (Å²) >= 11 is 0. The van der Waals surface area contributed by atoms with E-state index in [0.717, 1.165) is 5.57 Å². The summed E-state index contributed by atoms with van der Waals surface area (Å²) in [6.45, 7) is 12.4. The largest absolute Gasteiger partial charge is 0.340 e. The normalized spacial score (nSPS) is 26.8. The first-order valence-corrected chi connectivity index (χ1v) is 7.47. The Morgan fingerprint density at radius 1 is 1.40 bits per heavy atom. The molecule has 114 valence electrons. The van der Waals surface area contributed by atoms with Crippen LogP contribution in [0.25, 0.3) is 0 Å². The van der Waals surface area contributed by atoms with Crippen molar-refractivity contribution < 1.29 is 9.59 Å². The molecule has 0 radical (unpaired) electrons. The Bertz CT molecular complexity index is 411. The van der Waals surface area contributed by atoms with E-state index in [0.29, 0.717) is 25.3 Å². The number of carbonyl (C=O) groups excluding carboxylic acids is 2. The highest BCUT2D eigenvalue weighted by atomic mass is 16.2. The van der Waals surface area contributed by atoms with Crippen LogP contribution in [-0.4, -0.2) is 34.8 Å². The number of hydrogen-bond donors (Lipinski definition) is 1. The van der Waals surface area contributed by atoms with Gasteiger partial charge in [-0.2, -0.15) is 0 Å². The van der Waals surface area contributed by atoms with Crippen molar-refractivity contribution in [2.45, 2.75) is 66.0 Å². The quantitative estimate of drug-likeness (QED) is 0.787. The zero-order chi connectivity index (χ0) is 15.5. The van der Waals surface area contributed by atoms with Crippen LogP contribution in [0.3, 0.4) is 0 Å². The molecule has 0 aromatic heterocycles. The number of nitrogens with zero attached hydrogens (tertiary/aromatic N) is 1. The standard InChI is InChI=1S/C16H28N2O2/c1-7-16(6)15(20)18(9-8-11(2)3)13(10-12(4)5)14(19)17-16/h8,12-13H,7,9-10H2,1-6H3,(H,17,19). The van der Waals surface area contributed by atoms with Gasteiger partial charge in [0.1, 0.15) is 11.6 Å². The minimum absolute atomic E-state index is 0.0233. The van der Waals surface area contributed by atoms with Crippen LogP contribution in [0.1, 0.15) is 54.4 Å². The molecule has 1 rings (SSSR count). The van der Waals surface area contributed by atoms with Gasteiger partial charge in [-0.3, -0.25) is 9.59 Å². The highest BCUT2D eigenvalue weighted by Gasteiger charge is 2.46. The number of amides is 2. The molecule has 4 nitrogen and oxygen atoms in total. The fourth-order valence-corrected chi connectivity index (χ4v) is 2.42. The molecule has 0 saturated carbocycles. The van der Waals surface area contributed by atoms with Gasteiger partial charge in [0.2, 0.25) is 11.8 Å². The third-order valence-corrected chi connectivity index (χ3v) is 3.91. The zero-order valence-corrected chi connectivity index (χ0v) is 13.6. The second-order valence-corrected chi connectivity index (χ2v) is 6.56. The Balaban J connectivity index is 3.06. The highest BCUT2D eigenvalue weighted by molar-refractivity contribution is 5.99. The summed E-state index contributed by atoms with van der Waals surface area (Å²) in [4.78, 5) is 26.8. The van der Waals surface area contributed by atoms with Crippen LogP contribution < -0.4 is 5.32 Å². The van der Waals surface area contributed by atoms with Gasteiger partial charge in [-0.1, -0.05) is 32.4 Å². The molecule has 1 aliphatic heterocycles. The van der Waals surface area contributed by atoms with E-state index < -0.39 is 5.54 Å². The van der Waals surface area contributed by atoms with Crippen molar-refractivity contribution >= 4 is 11.8 Å². The lowest BCUT2D eigenvalue weighted by Crippen LogP contribution is -2.69. The number of allylic oxidation sites excluding steroid dienone is 1. The van der Waals surface area contributed by atoms with Crippen LogP contribution in [0.5, 0.6) is 0 Å². The predicted octanol–water partition coefficient (Wildman–Crippen LogP) is 2.49. The zero-order valence-electron chi connectivity index (χ0n) is 13.6. The van der Waals surface area contributed by atoms with Gasteiger partial charge in [0.15, 0.2) is 0 Å². The molecule has 0 spiro atoms. The van der Waals surface area contributed by atoms with Gasteiger partial charge >= 0.3 is 0 Å². The number of rotatable bonds is 5. The first kappa shape index (κ1) is 16.7. The highest BCUT2D eigenvalue weighted by Crippen LogP contribution is 2.24. The van der Waals surface area contributed by atoms with E-state index in [9.17, 15) is 9.59 Å². The van der Waals surface area contributed by atoms with Crippen molar-refractivity contribution in [2.75, 3.05) is 6.54 Å². The molecule has 20 heavy (non-hydrogen) atoms. The molecule has 2 atom stereocenters. The average molecular weight is 280 g/mol. The molecule has 0 bridgehead atoms. The van der Waals surface area contributed by atoms with E-state index in [1.807, 2.05) is 33.8 Å². The van der Waals surface area contributed by atoms with Crippen molar-refractivity contribution in [1.82, 2.24) is 10.2 Å². The SMILES string of the molecule is CCC1(C)NC(=O)C(CC(C)C)N(CC=C(C)C)C1=O. The smallest absolute Gasteiger partial charge is 0.248 e. The van der Waals surface area contributed by atoms with Gasteiger partial charge in [-0.15, -0.1) is 0 Å². The molecule has 0 aliphatic carbocycles. The predicted molar refractivity (Wildman–Crippen MR) is 81.2 cm³/mol. The fourth-order valence-electron chi connectivity index (χ4n) is 2.42. The second-order valence-electron chi connectivity index (χ2n) is 6.56. The van der Waals surface area contributed by atoms with Crippen molar-refractivity contribution in [3.63, 3.8) is 0 Å². The number of carbonyl (C=O) groups is 2. The van der Waals surface area contributed by atoms with E-state index in [-0.39, 0.29) is 17.9 Å². The molecule has 1 saturated heterocycles. The summed E-state index contributed by atoms with van der Waals surface area (Å²) in [6.07, 6.45) is 3.32. The number of hydrogen-bond acceptors (Lipinski definition) is 2. The topological polar surface area (TPSA) is 49.4 Å². The van der Waals surface area contributed by atoms with Crippen LogP contribution in [0, 0.1) is 5.92 Å². The van der Waals surface area contributed by atoms with Crippen LogP contribution in [-0.2, 0) is 9.59 Å². The van der Waals surface area contributed by atoms with Crippen molar-refractivity contribution in [1.29, 1.82) is 0 Å². The summed E-state index contributed by atoms with van der Waals surface area (Å²) in [5, 5.41) is 2.91. The Morgan fingerprint density at radius 3 is 2.45 bits per heavy atom. The Labute approximate surface area is 122 Å². The van der Waals surface area contributed by atoms with Gasteiger partial charge in [0.25, 0.3) is 0 Å². The fraction of sp³-hybridized carbons (Fsp3) is 0.750. The Morgan fingerprint density at radius 2 is 2.00 bits per heavy atom. The summed E-state index contributed by atoms with van der Waals surface area (Å²) in [5.74, 6) is 0.381. The molecular weight excluding hydrogens is 252 g/mol. The molecule has 0 aromatic carbocycles. The average Bonchev–Trinajstić information content (AvgIpc) is 2.34. The van der Waals surface area contributed by atoms with Crippen LogP contribution in [0.15, 0.2) is 11.6 Å². The molecule has 1 heterocycles. The molecular formula is C16H28N2O2. The van der Waals surface area contributed by atoms with E-state index in [1.54, 1.807) is 4.90 Å². The van der Waals surface area contributed by atoms with Gasteiger partial charge < -0.3 is 10.2 Å². The second kappa shape index (κ2) is 6.42. The maximum Gasteiger partial charge on any atom is 0.248 e. The van der Waals surface area contributed by atoms with Crippen molar-refractivity contribution in [2.24, 2.45) is 5.92 Å². The number of nitrogens with one attached hydrogen (secondary N) is 1. The van der Waals surface area contributed by atoms with Crippen LogP contribution in [0.2, 0.25) is 0 Å². The molecule has 1 aliphatic rings. The van der Waals surface area contributed by atoms with E-state index >= 15 is 0 Å². The monoisotopic (exact) mass is 280 g/mol. The lowest BCUT2D eigenvalue weighted by Gasteiger charge is -2.44. The lowest BCUT2D eigenvalue weighted by molar-refractivity contribution is -0.154. The third-order valence-electron chi connectivity index (χ3n) is 3.91. The molecule has 0 aromatic rings. The van der Waals surface area contributed by atoms with Crippen LogP contribution >= 0.6 is 0 Å². The minimum Gasteiger partial charge on any atom is -0.340 e. The van der Waals surface area contributed by atoms with Gasteiger partial charge in [-0.05, 0) is 39.5 Å². The van der Waals surface area contributed by atoms with Gasteiger partial charge in [-0.25, -0.2) is 0 Å². The first-order chi connectivity index (χ1) is 9.21. The van der Waals surface area contributed by atoms with Crippen LogP contribution in [0.4, 0.5) is 0 Å². The summed E-state index contributed by atoms with van der Waals surface area (Å²) in [6, 6.07) is -0.349.